The molecule has 0 aliphatic carbocycles. The van der Waals surface area contributed by atoms with Gasteiger partial charge in [-0.3, -0.25) is 0 Å². The monoisotopic (exact) mass is 259 g/mol. The van der Waals surface area contributed by atoms with Gasteiger partial charge in [-0.2, -0.15) is 0 Å². The zero-order valence-electron chi connectivity index (χ0n) is 8.05. The Morgan fingerprint density at radius 2 is 1.80 bits per heavy atom. The molecule has 0 saturated carbocycles. The fourth-order valence-electron chi connectivity index (χ4n) is 1.62. The van der Waals surface area contributed by atoms with Crippen molar-refractivity contribution in [2.45, 2.75) is 0 Å². The van der Waals surface area contributed by atoms with E-state index in [4.69, 9.17) is 0 Å². The Balaban J connectivity index is 2.21. The molecule has 3 aromatic rings. The maximum absolute atomic E-state index is 4.39. The summed E-state index contributed by atoms with van der Waals surface area (Å²) in [6.45, 7) is 0. The summed E-state index contributed by atoms with van der Waals surface area (Å²) in [5.74, 6) is 0. The molecule has 0 bridgehead atoms. The molecule has 2 aromatic heterocycles. The van der Waals surface area contributed by atoms with Crippen molar-refractivity contribution >= 4 is 24.1 Å². The van der Waals surface area contributed by atoms with Gasteiger partial charge in [0.1, 0.15) is 0 Å². The topological polar surface area (TPSA) is 12.9 Å². The zero-order valence-corrected chi connectivity index (χ0v) is 9.76. The molecule has 0 unspecified atom stereocenters. The summed E-state index contributed by atoms with van der Waals surface area (Å²) >= 11 is 0.422. The van der Waals surface area contributed by atoms with Crippen molar-refractivity contribution in [3.8, 4) is 10.1 Å². The Morgan fingerprint density at radius 1 is 0.933 bits per heavy atom. The van der Waals surface area contributed by atoms with Crippen LogP contribution in [-0.2, 0) is 0 Å². The Kier molecular flexibility index (Phi) is 2.17. The number of aromatic nitrogens is 1. The summed E-state index contributed by atoms with van der Waals surface area (Å²) in [6, 6.07) is 16.9. The van der Waals surface area contributed by atoms with Crippen LogP contribution in [0.2, 0.25) is 0 Å². The molecule has 0 aliphatic rings. The standard InChI is InChI=1S/C13H9NSe/c1-2-7-12-10(5-1)9-13(15-12)11-6-3-4-8-14-11/h1-9H. The summed E-state index contributed by atoms with van der Waals surface area (Å²) in [5.41, 5.74) is 1.12. The summed E-state index contributed by atoms with van der Waals surface area (Å²) in [4.78, 5) is 4.39. The number of rotatable bonds is 1. The van der Waals surface area contributed by atoms with Gasteiger partial charge in [-0.15, -0.1) is 0 Å². The Labute approximate surface area is 94.1 Å². The van der Waals surface area contributed by atoms with E-state index >= 15 is 0 Å². The van der Waals surface area contributed by atoms with Gasteiger partial charge >= 0.3 is 94.0 Å². The van der Waals surface area contributed by atoms with Crippen molar-refractivity contribution in [3.63, 3.8) is 0 Å². The second kappa shape index (κ2) is 3.65. The minimum atomic E-state index is 0.422. The van der Waals surface area contributed by atoms with Gasteiger partial charge in [0.2, 0.25) is 0 Å². The van der Waals surface area contributed by atoms with E-state index in [1.54, 1.807) is 0 Å². The van der Waals surface area contributed by atoms with Crippen molar-refractivity contribution in [1.82, 2.24) is 4.98 Å². The number of nitrogens with zero attached hydrogens (tertiary/aromatic N) is 1. The van der Waals surface area contributed by atoms with Crippen LogP contribution in [0.3, 0.4) is 0 Å². The fourth-order valence-corrected chi connectivity index (χ4v) is 3.80. The molecule has 0 radical (unpaired) electrons. The van der Waals surface area contributed by atoms with E-state index in [0.717, 1.165) is 5.69 Å². The van der Waals surface area contributed by atoms with Gasteiger partial charge in [0.15, 0.2) is 0 Å². The first-order chi connectivity index (χ1) is 7.43. The average Bonchev–Trinajstić information content (AvgIpc) is 2.74. The van der Waals surface area contributed by atoms with Gasteiger partial charge in [-0.1, -0.05) is 0 Å². The number of benzene rings is 1. The number of hydrogen-bond donors (Lipinski definition) is 0. The predicted molar refractivity (Wildman–Crippen MR) is 64.1 cm³/mol. The van der Waals surface area contributed by atoms with Gasteiger partial charge in [0.05, 0.1) is 0 Å². The van der Waals surface area contributed by atoms with Crippen molar-refractivity contribution in [2.75, 3.05) is 0 Å². The molecule has 0 N–H and O–H groups in total. The first-order valence-electron chi connectivity index (χ1n) is 4.83. The molecule has 2 heteroatoms. The molecular weight excluding hydrogens is 249 g/mol. The van der Waals surface area contributed by atoms with Gasteiger partial charge < -0.3 is 0 Å². The summed E-state index contributed by atoms with van der Waals surface area (Å²) in [7, 11) is 0. The molecule has 15 heavy (non-hydrogen) atoms. The van der Waals surface area contributed by atoms with Gasteiger partial charge in [-0.05, 0) is 0 Å². The van der Waals surface area contributed by atoms with Gasteiger partial charge in [0, 0.05) is 0 Å². The van der Waals surface area contributed by atoms with E-state index in [1.165, 1.54) is 14.1 Å². The molecular formula is C13H9NSe. The van der Waals surface area contributed by atoms with E-state index in [9.17, 15) is 0 Å². The molecule has 2 heterocycles. The number of pyridine rings is 1. The first kappa shape index (κ1) is 8.90. The number of fused-ring (bicyclic) bond motifs is 1. The quantitative estimate of drug-likeness (QED) is 0.611. The van der Waals surface area contributed by atoms with Crippen molar-refractivity contribution < 1.29 is 0 Å². The summed E-state index contributed by atoms with van der Waals surface area (Å²) < 4.78 is 2.84. The van der Waals surface area contributed by atoms with E-state index in [1.807, 2.05) is 18.3 Å². The van der Waals surface area contributed by atoms with Crippen molar-refractivity contribution in [1.29, 1.82) is 0 Å². The van der Waals surface area contributed by atoms with Crippen molar-refractivity contribution in [2.24, 2.45) is 0 Å². The second-order valence-electron chi connectivity index (χ2n) is 3.36. The average molecular weight is 258 g/mol. The van der Waals surface area contributed by atoms with E-state index < -0.39 is 0 Å². The Bertz CT molecular complexity index is 551. The van der Waals surface area contributed by atoms with Crippen molar-refractivity contribution in [3.05, 3.63) is 54.7 Å². The SMILES string of the molecule is c1ccc(-c2cc3ccccc3[se]2)nc1. The zero-order chi connectivity index (χ0) is 10.1. The maximum atomic E-state index is 4.39. The molecule has 0 fully saturated rings. The molecule has 1 aromatic carbocycles. The van der Waals surface area contributed by atoms with Crippen LogP contribution in [0, 0.1) is 0 Å². The normalized spacial score (nSPS) is 10.7. The van der Waals surface area contributed by atoms with Crippen LogP contribution >= 0.6 is 0 Å². The first-order valence-corrected chi connectivity index (χ1v) is 6.55. The van der Waals surface area contributed by atoms with Gasteiger partial charge in [-0.25, -0.2) is 0 Å². The third-order valence-electron chi connectivity index (χ3n) is 2.34. The summed E-state index contributed by atoms with van der Waals surface area (Å²) in [5, 5.41) is 1.36. The molecule has 0 aliphatic heterocycles. The summed E-state index contributed by atoms with van der Waals surface area (Å²) in [6.07, 6.45) is 1.86. The van der Waals surface area contributed by atoms with E-state index in [0.29, 0.717) is 14.5 Å². The van der Waals surface area contributed by atoms with Crippen LogP contribution < -0.4 is 0 Å². The molecule has 0 spiro atoms. The predicted octanol–water partition coefficient (Wildman–Crippen LogP) is 2.96. The van der Waals surface area contributed by atoms with Crippen LogP contribution in [0.25, 0.3) is 19.8 Å². The number of hydrogen-bond acceptors (Lipinski definition) is 1. The fraction of sp³-hybridized carbons (Fsp3) is 0. The molecule has 0 saturated heterocycles. The third kappa shape index (κ3) is 1.63. The molecule has 72 valence electrons. The van der Waals surface area contributed by atoms with Crippen LogP contribution in [0.15, 0.2) is 54.7 Å². The van der Waals surface area contributed by atoms with Crippen LogP contribution in [0.5, 0.6) is 0 Å². The van der Waals surface area contributed by atoms with E-state index in [-0.39, 0.29) is 0 Å². The molecule has 0 amide bonds. The van der Waals surface area contributed by atoms with Crippen LogP contribution in [0.4, 0.5) is 0 Å². The van der Waals surface area contributed by atoms with Gasteiger partial charge in [0.25, 0.3) is 0 Å². The molecule has 0 atom stereocenters. The van der Waals surface area contributed by atoms with E-state index in [2.05, 4.69) is 41.4 Å². The van der Waals surface area contributed by atoms with Crippen LogP contribution in [-0.4, -0.2) is 19.5 Å². The second-order valence-corrected chi connectivity index (χ2v) is 5.64. The Hall–Kier alpha value is -1.37. The third-order valence-corrected chi connectivity index (χ3v) is 4.73. The molecule has 3 rings (SSSR count). The minimum absolute atomic E-state index is 0.422. The Morgan fingerprint density at radius 3 is 2.60 bits per heavy atom. The molecule has 1 nitrogen and oxygen atoms in total. The van der Waals surface area contributed by atoms with Crippen LogP contribution in [0.1, 0.15) is 0 Å².